The number of carbonyl (C=O) groups is 1. The Bertz CT molecular complexity index is 878. The van der Waals surface area contributed by atoms with E-state index in [9.17, 15) is 4.79 Å². The molecule has 0 atom stereocenters. The minimum Gasteiger partial charge on any atom is -0.480 e. The number of hydrogen-bond acceptors (Lipinski definition) is 7. The fourth-order valence-corrected chi connectivity index (χ4v) is 1.96. The Morgan fingerprint density at radius 1 is 1.26 bits per heavy atom. The smallest absolute Gasteiger partial charge is 0.233 e. The molecule has 3 aromatic rings. The fourth-order valence-electron chi connectivity index (χ4n) is 1.96. The Labute approximate surface area is 131 Å². The van der Waals surface area contributed by atoms with E-state index < -0.39 is 0 Å². The average molecular weight is 306 g/mol. The molecule has 23 heavy (non-hydrogen) atoms. The third kappa shape index (κ3) is 2.75. The second-order valence-electron chi connectivity index (χ2n) is 4.46. The molecule has 8 nitrogen and oxygen atoms in total. The third-order valence-electron chi connectivity index (χ3n) is 3.06. The van der Waals surface area contributed by atoms with Crippen molar-refractivity contribution in [3.8, 4) is 29.2 Å². The molecule has 0 bridgehead atoms. The van der Waals surface area contributed by atoms with Crippen molar-refractivity contribution in [2.75, 3.05) is 7.11 Å². The fraction of sp³-hybridized carbons (Fsp3) is 0.0667. The summed E-state index contributed by atoms with van der Waals surface area (Å²) in [5, 5.41) is 20.9. The van der Waals surface area contributed by atoms with Crippen LogP contribution in [0.5, 0.6) is 5.88 Å². The highest BCUT2D eigenvalue weighted by atomic mass is 16.5. The molecule has 3 aromatic heterocycles. The van der Waals surface area contributed by atoms with Crippen LogP contribution in [-0.4, -0.2) is 38.4 Å². The number of nitrogens with zero attached hydrogens (tertiary/aromatic N) is 6. The first-order chi connectivity index (χ1) is 11.2. The lowest BCUT2D eigenvalue weighted by Gasteiger charge is -2.06. The average Bonchev–Trinajstić information content (AvgIpc) is 3.06. The molecule has 0 amide bonds. The van der Waals surface area contributed by atoms with Gasteiger partial charge in [-0.3, -0.25) is 9.78 Å². The van der Waals surface area contributed by atoms with Gasteiger partial charge in [0.2, 0.25) is 5.88 Å². The molecule has 0 spiro atoms. The van der Waals surface area contributed by atoms with Crippen molar-refractivity contribution < 1.29 is 9.53 Å². The lowest BCUT2D eigenvalue weighted by atomic mass is 10.2. The van der Waals surface area contributed by atoms with Gasteiger partial charge in [-0.25, -0.2) is 4.68 Å². The van der Waals surface area contributed by atoms with E-state index in [0.717, 1.165) is 0 Å². The molecule has 0 aromatic carbocycles. The zero-order valence-corrected chi connectivity index (χ0v) is 12.0. The van der Waals surface area contributed by atoms with Gasteiger partial charge in [0.05, 0.1) is 24.1 Å². The van der Waals surface area contributed by atoms with E-state index in [1.807, 2.05) is 6.07 Å². The molecule has 0 fully saturated rings. The van der Waals surface area contributed by atoms with Gasteiger partial charge >= 0.3 is 0 Å². The van der Waals surface area contributed by atoms with Crippen molar-refractivity contribution >= 4 is 6.29 Å². The summed E-state index contributed by atoms with van der Waals surface area (Å²) >= 11 is 0. The number of hydrogen-bond donors (Lipinski definition) is 0. The zero-order chi connectivity index (χ0) is 16.2. The Morgan fingerprint density at radius 2 is 2.13 bits per heavy atom. The number of methoxy groups -OCH3 is 1. The van der Waals surface area contributed by atoms with Gasteiger partial charge in [-0.15, -0.1) is 10.2 Å². The maximum atomic E-state index is 11.0. The topological polar surface area (TPSA) is 107 Å². The molecule has 0 radical (unpaired) electrons. The Kier molecular flexibility index (Phi) is 3.76. The summed E-state index contributed by atoms with van der Waals surface area (Å²) in [5.41, 5.74) is 1.81. The number of aromatic nitrogens is 5. The summed E-state index contributed by atoms with van der Waals surface area (Å²) in [6.45, 7) is 0. The van der Waals surface area contributed by atoms with Gasteiger partial charge in [0.1, 0.15) is 11.8 Å². The monoisotopic (exact) mass is 306 g/mol. The normalized spacial score (nSPS) is 10.1. The van der Waals surface area contributed by atoms with Crippen LogP contribution in [0.3, 0.4) is 0 Å². The second-order valence-corrected chi connectivity index (χ2v) is 4.46. The van der Waals surface area contributed by atoms with Crippen LogP contribution < -0.4 is 4.74 Å². The molecule has 0 aliphatic rings. The van der Waals surface area contributed by atoms with E-state index in [1.165, 1.54) is 18.0 Å². The van der Waals surface area contributed by atoms with Crippen LogP contribution in [0.25, 0.3) is 17.2 Å². The summed E-state index contributed by atoms with van der Waals surface area (Å²) < 4.78 is 6.43. The van der Waals surface area contributed by atoms with Gasteiger partial charge < -0.3 is 4.74 Å². The minimum absolute atomic E-state index is 0.240. The highest BCUT2D eigenvalue weighted by Gasteiger charge is 2.14. The number of rotatable bonds is 4. The number of aldehydes is 1. The summed E-state index contributed by atoms with van der Waals surface area (Å²) in [5.74, 6) is 0.787. The van der Waals surface area contributed by atoms with Crippen molar-refractivity contribution in [2.45, 2.75) is 0 Å². The molecule has 0 aliphatic heterocycles. The highest BCUT2D eigenvalue weighted by Crippen LogP contribution is 2.21. The van der Waals surface area contributed by atoms with Gasteiger partial charge in [-0.1, -0.05) is 0 Å². The number of carbonyl (C=O) groups excluding carboxylic acids is 1. The van der Waals surface area contributed by atoms with E-state index in [0.29, 0.717) is 34.9 Å². The van der Waals surface area contributed by atoms with Gasteiger partial charge in [0.25, 0.3) is 0 Å². The van der Waals surface area contributed by atoms with E-state index in [-0.39, 0.29) is 5.69 Å². The van der Waals surface area contributed by atoms with Crippen molar-refractivity contribution in [3.63, 3.8) is 0 Å². The SMILES string of the molecule is COc1ccc(-n2nc(C=O)cc2-c2ccc(C#N)cn2)nn1. The minimum atomic E-state index is 0.240. The summed E-state index contributed by atoms with van der Waals surface area (Å²) in [6, 6.07) is 10.2. The van der Waals surface area contributed by atoms with E-state index >= 15 is 0 Å². The first kappa shape index (κ1) is 14.3. The molecule has 8 heteroatoms. The van der Waals surface area contributed by atoms with E-state index in [4.69, 9.17) is 10.00 Å². The van der Waals surface area contributed by atoms with Crippen LogP contribution in [0.2, 0.25) is 0 Å². The van der Waals surface area contributed by atoms with Crippen molar-refractivity contribution in [3.05, 3.63) is 47.8 Å². The van der Waals surface area contributed by atoms with E-state index in [2.05, 4.69) is 20.3 Å². The standard InChI is InChI=1S/C15H10N6O2/c1-23-15-5-4-14(18-19-15)21-13(6-11(9-22)20-21)12-3-2-10(7-16)8-17-12/h2-6,8-9H,1H3. The summed E-state index contributed by atoms with van der Waals surface area (Å²) in [4.78, 5) is 15.3. The number of nitriles is 1. The Hall–Kier alpha value is -3.60. The molecular weight excluding hydrogens is 296 g/mol. The molecule has 112 valence electrons. The number of ether oxygens (including phenoxy) is 1. The van der Waals surface area contributed by atoms with Crippen LogP contribution in [0.1, 0.15) is 16.1 Å². The lowest BCUT2D eigenvalue weighted by molar-refractivity contribution is 0.111. The van der Waals surface area contributed by atoms with Crippen LogP contribution >= 0.6 is 0 Å². The zero-order valence-electron chi connectivity index (χ0n) is 12.0. The lowest BCUT2D eigenvalue weighted by Crippen LogP contribution is -2.04. The predicted molar refractivity (Wildman–Crippen MR) is 79.0 cm³/mol. The first-order valence-electron chi connectivity index (χ1n) is 6.55. The molecule has 0 saturated heterocycles. The molecule has 3 heterocycles. The quantitative estimate of drug-likeness (QED) is 0.671. The second kappa shape index (κ2) is 6.03. The van der Waals surface area contributed by atoms with E-state index in [1.54, 1.807) is 30.3 Å². The molecule has 0 N–H and O–H groups in total. The molecule has 0 aliphatic carbocycles. The van der Waals surface area contributed by atoms with Crippen LogP contribution in [0.4, 0.5) is 0 Å². The van der Waals surface area contributed by atoms with Crippen molar-refractivity contribution in [1.82, 2.24) is 25.0 Å². The van der Waals surface area contributed by atoms with Crippen molar-refractivity contribution in [1.29, 1.82) is 5.26 Å². The van der Waals surface area contributed by atoms with Crippen molar-refractivity contribution in [2.24, 2.45) is 0 Å². The molecule has 0 saturated carbocycles. The Balaban J connectivity index is 2.10. The van der Waals surface area contributed by atoms with Gasteiger partial charge in [-0.2, -0.15) is 10.4 Å². The third-order valence-corrected chi connectivity index (χ3v) is 3.06. The predicted octanol–water partition coefficient (Wildman–Crippen LogP) is 1.42. The maximum absolute atomic E-state index is 11.0. The largest absolute Gasteiger partial charge is 0.480 e. The number of pyridine rings is 1. The van der Waals surface area contributed by atoms with Gasteiger partial charge in [0, 0.05) is 12.3 Å². The van der Waals surface area contributed by atoms with Crippen LogP contribution in [0, 0.1) is 11.3 Å². The van der Waals surface area contributed by atoms with Crippen LogP contribution in [0.15, 0.2) is 36.5 Å². The highest BCUT2D eigenvalue weighted by molar-refractivity contribution is 5.75. The van der Waals surface area contributed by atoms with Gasteiger partial charge in [-0.05, 0) is 24.3 Å². The molecular formula is C15H10N6O2. The van der Waals surface area contributed by atoms with Crippen LogP contribution in [-0.2, 0) is 0 Å². The van der Waals surface area contributed by atoms with Gasteiger partial charge in [0.15, 0.2) is 12.1 Å². The summed E-state index contributed by atoms with van der Waals surface area (Å²) in [7, 11) is 1.49. The first-order valence-corrected chi connectivity index (χ1v) is 6.55. The maximum Gasteiger partial charge on any atom is 0.233 e. The molecule has 0 unspecified atom stereocenters. The summed E-state index contributed by atoms with van der Waals surface area (Å²) in [6.07, 6.45) is 2.09. The Morgan fingerprint density at radius 3 is 2.70 bits per heavy atom. The molecule has 3 rings (SSSR count).